The van der Waals surface area contributed by atoms with Crippen LogP contribution in [0.3, 0.4) is 0 Å². The zero-order valence-electron chi connectivity index (χ0n) is 12.3. The van der Waals surface area contributed by atoms with Gasteiger partial charge in [0, 0.05) is 11.6 Å². The standard InChI is InChI=1S/C15H19F4NO/c1-4-12(5-2)20(9-15(17,18)19)14(21)11-6-7-13(16)10(3)8-11/h6-8,12H,4-5,9H2,1-3H3. The van der Waals surface area contributed by atoms with Crippen LogP contribution in [0.15, 0.2) is 18.2 Å². The minimum atomic E-state index is -4.46. The summed E-state index contributed by atoms with van der Waals surface area (Å²) in [5.74, 6) is -1.21. The molecule has 1 aromatic rings. The average Bonchev–Trinajstić information content (AvgIpc) is 2.40. The molecule has 0 saturated heterocycles. The molecule has 0 atom stereocenters. The largest absolute Gasteiger partial charge is 0.406 e. The number of hydrogen-bond donors (Lipinski definition) is 0. The van der Waals surface area contributed by atoms with Gasteiger partial charge in [0.15, 0.2) is 0 Å². The van der Waals surface area contributed by atoms with Crippen LogP contribution in [0.5, 0.6) is 0 Å². The van der Waals surface area contributed by atoms with Crippen molar-refractivity contribution in [3.8, 4) is 0 Å². The van der Waals surface area contributed by atoms with Crippen molar-refractivity contribution in [2.75, 3.05) is 6.54 Å². The highest BCUT2D eigenvalue weighted by Crippen LogP contribution is 2.23. The van der Waals surface area contributed by atoms with Crippen LogP contribution in [0.25, 0.3) is 0 Å². The first-order chi connectivity index (χ1) is 9.69. The highest BCUT2D eigenvalue weighted by molar-refractivity contribution is 5.94. The van der Waals surface area contributed by atoms with Gasteiger partial charge in [-0.15, -0.1) is 0 Å². The zero-order valence-corrected chi connectivity index (χ0v) is 12.3. The molecule has 0 aliphatic carbocycles. The van der Waals surface area contributed by atoms with Gasteiger partial charge in [-0.1, -0.05) is 13.8 Å². The Labute approximate surface area is 121 Å². The number of hydrogen-bond acceptors (Lipinski definition) is 1. The summed E-state index contributed by atoms with van der Waals surface area (Å²) in [6.07, 6.45) is -3.61. The Balaban J connectivity index is 3.11. The lowest BCUT2D eigenvalue weighted by atomic mass is 10.1. The lowest BCUT2D eigenvalue weighted by Crippen LogP contribution is -2.45. The molecule has 0 N–H and O–H groups in total. The van der Waals surface area contributed by atoms with E-state index in [2.05, 4.69) is 0 Å². The van der Waals surface area contributed by atoms with Gasteiger partial charge in [-0.25, -0.2) is 4.39 Å². The summed E-state index contributed by atoms with van der Waals surface area (Å²) >= 11 is 0. The van der Waals surface area contributed by atoms with Crippen LogP contribution in [0.2, 0.25) is 0 Å². The second-order valence-electron chi connectivity index (χ2n) is 4.98. The fraction of sp³-hybridized carbons (Fsp3) is 0.533. The van der Waals surface area contributed by atoms with Crippen LogP contribution < -0.4 is 0 Å². The fourth-order valence-electron chi connectivity index (χ4n) is 2.23. The van der Waals surface area contributed by atoms with Crippen molar-refractivity contribution >= 4 is 5.91 Å². The fourth-order valence-corrected chi connectivity index (χ4v) is 2.23. The van der Waals surface area contributed by atoms with Crippen molar-refractivity contribution in [3.63, 3.8) is 0 Å². The maximum absolute atomic E-state index is 13.2. The molecular formula is C15H19F4NO. The van der Waals surface area contributed by atoms with Crippen molar-refractivity contribution in [1.82, 2.24) is 4.90 Å². The number of amides is 1. The molecule has 0 spiro atoms. The van der Waals surface area contributed by atoms with E-state index in [4.69, 9.17) is 0 Å². The van der Waals surface area contributed by atoms with Gasteiger partial charge in [-0.2, -0.15) is 13.2 Å². The summed E-state index contributed by atoms with van der Waals surface area (Å²) in [4.78, 5) is 13.2. The molecule has 0 aliphatic rings. The Kier molecular flexibility index (Phi) is 5.75. The van der Waals surface area contributed by atoms with Gasteiger partial charge < -0.3 is 4.90 Å². The molecule has 0 aromatic heterocycles. The maximum Gasteiger partial charge on any atom is 0.406 e. The number of halogens is 4. The van der Waals surface area contributed by atoms with Gasteiger partial charge in [0.05, 0.1) is 0 Å². The van der Waals surface area contributed by atoms with E-state index in [0.717, 1.165) is 11.0 Å². The second-order valence-corrected chi connectivity index (χ2v) is 4.98. The number of carbonyl (C=O) groups is 1. The summed E-state index contributed by atoms with van der Waals surface area (Å²) in [6.45, 7) is 3.65. The van der Waals surface area contributed by atoms with E-state index in [1.807, 2.05) is 0 Å². The van der Waals surface area contributed by atoms with Crippen molar-refractivity contribution in [2.24, 2.45) is 0 Å². The molecule has 21 heavy (non-hydrogen) atoms. The van der Waals surface area contributed by atoms with Crippen molar-refractivity contribution in [1.29, 1.82) is 0 Å². The minimum Gasteiger partial charge on any atom is -0.327 e. The molecular weight excluding hydrogens is 286 g/mol. The van der Waals surface area contributed by atoms with E-state index in [1.165, 1.54) is 19.1 Å². The average molecular weight is 305 g/mol. The topological polar surface area (TPSA) is 20.3 Å². The normalized spacial score (nSPS) is 11.8. The van der Waals surface area contributed by atoms with Gasteiger partial charge >= 0.3 is 6.18 Å². The number of alkyl halides is 3. The quantitative estimate of drug-likeness (QED) is 0.742. The summed E-state index contributed by atoms with van der Waals surface area (Å²) < 4.78 is 51.3. The van der Waals surface area contributed by atoms with Crippen LogP contribution in [0, 0.1) is 12.7 Å². The first-order valence-corrected chi connectivity index (χ1v) is 6.83. The second kappa shape index (κ2) is 6.91. The molecule has 1 rings (SSSR count). The number of carbonyl (C=O) groups excluding carboxylic acids is 1. The van der Waals surface area contributed by atoms with Crippen LogP contribution >= 0.6 is 0 Å². The number of nitrogens with zero attached hydrogens (tertiary/aromatic N) is 1. The first kappa shape index (κ1) is 17.5. The van der Waals surface area contributed by atoms with E-state index in [0.29, 0.717) is 12.8 Å². The molecule has 2 nitrogen and oxygen atoms in total. The lowest BCUT2D eigenvalue weighted by Gasteiger charge is -2.31. The Hall–Kier alpha value is -1.59. The van der Waals surface area contributed by atoms with E-state index < -0.39 is 30.5 Å². The van der Waals surface area contributed by atoms with E-state index in [-0.39, 0.29) is 11.1 Å². The van der Waals surface area contributed by atoms with Gasteiger partial charge in [-0.3, -0.25) is 4.79 Å². The van der Waals surface area contributed by atoms with Crippen LogP contribution in [0.4, 0.5) is 17.6 Å². The van der Waals surface area contributed by atoms with Crippen LogP contribution in [-0.4, -0.2) is 29.6 Å². The zero-order chi connectivity index (χ0) is 16.2. The molecule has 1 aromatic carbocycles. The third-order valence-electron chi connectivity index (χ3n) is 3.40. The maximum atomic E-state index is 13.2. The lowest BCUT2D eigenvalue weighted by molar-refractivity contribution is -0.144. The van der Waals surface area contributed by atoms with E-state index in [1.54, 1.807) is 13.8 Å². The van der Waals surface area contributed by atoms with Crippen LogP contribution in [0.1, 0.15) is 42.6 Å². The number of rotatable bonds is 5. The predicted molar refractivity (Wildman–Crippen MR) is 72.6 cm³/mol. The third-order valence-corrected chi connectivity index (χ3v) is 3.40. The summed E-state index contributed by atoms with van der Waals surface area (Å²) in [5, 5.41) is 0. The van der Waals surface area contributed by atoms with Gasteiger partial charge in [0.25, 0.3) is 5.91 Å². The van der Waals surface area contributed by atoms with E-state index in [9.17, 15) is 22.4 Å². The summed E-state index contributed by atoms with van der Waals surface area (Å²) in [7, 11) is 0. The Morgan fingerprint density at radius 1 is 1.24 bits per heavy atom. The molecule has 0 bridgehead atoms. The minimum absolute atomic E-state index is 0.0741. The van der Waals surface area contributed by atoms with E-state index >= 15 is 0 Å². The Morgan fingerprint density at radius 3 is 2.24 bits per heavy atom. The molecule has 0 aliphatic heterocycles. The SMILES string of the molecule is CCC(CC)N(CC(F)(F)F)C(=O)c1ccc(F)c(C)c1. The molecule has 0 saturated carbocycles. The van der Waals surface area contributed by atoms with Gasteiger partial charge in [0.1, 0.15) is 12.4 Å². The monoisotopic (exact) mass is 305 g/mol. The molecule has 0 fully saturated rings. The molecule has 118 valence electrons. The molecule has 6 heteroatoms. The predicted octanol–water partition coefficient (Wildman–Crippen LogP) is 4.33. The van der Waals surface area contributed by atoms with Crippen molar-refractivity contribution in [3.05, 3.63) is 35.1 Å². The molecule has 0 radical (unpaired) electrons. The first-order valence-electron chi connectivity index (χ1n) is 6.83. The summed E-state index contributed by atoms with van der Waals surface area (Å²) in [6, 6.07) is 3.10. The third kappa shape index (κ3) is 4.72. The molecule has 1 amide bonds. The van der Waals surface area contributed by atoms with Gasteiger partial charge in [-0.05, 0) is 43.5 Å². The van der Waals surface area contributed by atoms with Crippen molar-refractivity contribution < 1.29 is 22.4 Å². The molecule has 0 unspecified atom stereocenters. The highest BCUT2D eigenvalue weighted by Gasteiger charge is 2.36. The Morgan fingerprint density at radius 2 is 1.81 bits per heavy atom. The Bertz CT molecular complexity index is 495. The van der Waals surface area contributed by atoms with Gasteiger partial charge in [0.2, 0.25) is 0 Å². The summed E-state index contributed by atoms with van der Waals surface area (Å²) in [5.41, 5.74) is 0.308. The smallest absolute Gasteiger partial charge is 0.327 e. The molecule has 0 heterocycles. The van der Waals surface area contributed by atoms with Crippen molar-refractivity contribution in [2.45, 2.75) is 45.8 Å². The van der Waals surface area contributed by atoms with Crippen LogP contribution in [-0.2, 0) is 0 Å². The highest BCUT2D eigenvalue weighted by atomic mass is 19.4. The number of benzene rings is 1. The number of aryl methyl sites for hydroxylation is 1.